The number of hydrogen-bond acceptors (Lipinski definition) is 6. The van der Waals surface area contributed by atoms with Crippen molar-refractivity contribution in [3.63, 3.8) is 0 Å². The zero-order chi connectivity index (χ0) is 28.9. The molecule has 9 heteroatoms. The maximum absolute atomic E-state index is 15.3. The molecular weight excluding hydrogens is 535 g/mol. The fourth-order valence-electron chi connectivity index (χ4n) is 5.26. The minimum Gasteiger partial charge on any atom is -0.324 e. The third-order valence-electron chi connectivity index (χ3n) is 7.64. The Morgan fingerprint density at radius 3 is 2.66 bits per heavy atom. The fourth-order valence-corrected chi connectivity index (χ4v) is 6.13. The standard InChI is InChI=1S/C32H39FN6OS/c1-5-41(4)26-12-13-27(29(33)19-26)28-18-24-21-35-32(37-30(24)39(31(28)40)16-15-38(2)3)36-25-10-8-22(9-11-25)17-23-7-6-14-34-20-23/h8-13,18-19,21,23,34H,4-7,14-17,20H2,1-3H3,(H,35,36,37). The van der Waals surface area contributed by atoms with Gasteiger partial charge in [-0.25, -0.2) is 9.37 Å². The molecule has 0 saturated carbocycles. The van der Waals surface area contributed by atoms with Gasteiger partial charge in [-0.1, -0.05) is 31.0 Å². The number of piperidine rings is 1. The van der Waals surface area contributed by atoms with Gasteiger partial charge in [0.05, 0.1) is 5.56 Å². The number of hydrogen-bond donors (Lipinski definition) is 2. The van der Waals surface area contributed by atoms with E-state index in [9.17, 15) is 4.79 Å². The summed E-state index contributed by atoms with van der Waals surface area (Å²) >= 11 is 0. The zero-order valence-corrected chi connectivity index (χ0v) is 24.9. The lowest BCUT2D eigenvalue weighted by Crippen LogP contribution is -2.30. The highest BCUT2D eigenvalue weighted by atomic mass is 32.2. The quantitative estimate of drug-likeness (QED) is 0.243. The lowest BCUT2D eigenvalue weighted by Gasteiger charge is -2.22. The van der Waals surface area contributed by atoms with Crippen LogP contribution in [0.25, 0.3) is 22.2 Å². The predicted octanol–water partition coefficient (Wildman–Crippen LogP) is 5.52. The number of rotatable bonds is 10. The molecular formula is C32H39FN6OS. The Morgan fingerprint density at radius 1 is 1.17 bits per heavy atom. The Labute approximate surface area is 243 Å². The van der Waals surface area contributed by atoms with E-state index >= 15 is 4.39 Å². The molecule has 0 amide bonds. The van der Waals surface area contributed by atoms with Crippen LogP contribution in [0.15, 0.2) is 64.4 Å². The second-order valence-corrected chi connectivity index (χ2v) is 13.0. The summed E-state index contributed by atoms with van der Waals surface area (Å²) in [6, 6.07) is 15.1. The Bertz CT molecular complexity index is 1590. The molecule has 2 aromatic carbocycles. The van der Waals surface area contributed by atoms with Gasteiger partial charge in [0, 0.05) is 40.8 Å². The molecule has 7 nitrogen and oxygen atoms in total. The van der Waals surface area contributed by atoms with Crippen LogP contribution in [0.2, 0.25) is 0 Å². The molecule has 0 radical (unpaired) electrons. The van der Waals surface area contributed by atoms with Crippen molar-refractivity contribution >= 4 is 39.0 Å². The van der Waals surface area contributed by atoms with Crippen LogP contribution in [0.5, 0.6) is 0 Å². The Kier molecular flexibility index (Phi) is 9.27. The average molecular weight is 575 g/mol. The van der Waals surface area contributed by atoms with Gasteiger partial charge in [0.2, 0.25) is 5.95 Å². The number of fused-ring (bicyclic) bond motifs is 1. The van der Waals surface area contributed by atoms with E-state index in [0.29, 0.717) is 41.6 Å². The van der Waals surface area contributed by atoms with E-state index < -0.39 is 5.82 Å². The molecule has 2 unspecified atom stereocenters. The number of aromatic nitrogens is 3. The Hall–Kier alpha value is -3.40. The number of anilines is 2. The second-order valence-electron chi connectivity index (χ2n) is 11.0. The summed E-state index contributed by atoms with van der Waals surface area (Å²) in [5.41, 5.74) is 3.01. The minimum atomic E-state index is -0.421. The summed E-state index contributed by atoms with van der Waals surface area (Å²) in [6.45, 7) is 5.27. The smallest absolute Gasteiger partial charge is 0.260 e. The predicted molar refractivity (Wildman–Crippen MR) is 170 cm³/mol. The molecule has 1 saturated heterocycles. The fraction of sp³-hybridized carbons (Fsp3) is 0.375. The van der Waals surface area contributed by atoms with Crippen LogP contribution in [0, 0.1) is 11.7 Å². The summed E-state index contributed by atoms with van der Waals surface area (Å²) in [4.78, 5) is 25.9. The van der Waals surface area contributed by atoms with E-state index in [-0.39, 0.29) is 21.6 Å². The number of nitrogens with one attached hydrogen (secondary N) is 2. The number of likely N-dealkylation sites (N-methyl/N-ethyl adjacent to an activating group) is 1. The molecule has 3 heterocycles. The summed E-state index contributed by atoms with van der Waals surface area (Å²) in [5, 5.41) is 7.45. The average Bonchev–Trinajstić information content (AvgIpc) is 2.97. The van der Waals surface area contributed by atoms with Crippen molar-refractivity contribution in [3.8, 4) is 11.1 Å². The van der Waals surface area contributed by atoms with Crippen molar-refractivity contribution in [2.45, 2.75) is 37.6 Å². The van der Waals surface area contributed by atoms with Crippen LogP contribution in [0.4, 0.5) is 16.0 Å². The molecule has 0 bridgehead atoms. The van der Waals surface area contributed by atoms with Crippen LogP contribution in [0.1, 0.15) is 25.3 Å². The molecule has 41 heavy (non-hydrogen) atoms. The first-order valence-corrected chi connectivity index (χ1v) is 15.8. The molecule has 0 aliphatic carbocycles. The third-order valence-corrected chi connectivity index (χ3v) is 9.26. The monoisotopic (exact) mass is 574 g/mol. The van der Waals surface area contributed by atoms with Crippen molar-refractivity contribution in [2.75, 3.05) is 44.8 Å². The summed E-state index contributed by atoms with van der Waals surface area (Å²) in [7, 11) is 3.62. The molecule has 1 fully saturated rings. The van der Waals surface area contributed by atoms with Gasteiger partial charge < -0.3 is 15.5 Å². The molecule has 1 aliphatic rings. The van der Waals surface area contributed by atoms with Crippen molar-refractivity contribution in [1.82, 2.24) is 24.8 Å². The van der Waals surface area contributed by atoms with Crippen LogP contribution in [0.3, 0.4) is 0 Å². The van der Waals surface area contributed by atoms with Crippen molar-refractivity contribution in [1.29, 1.82) is 0 Å². The van der Waals surface area contributed by atoms with Crippen molar-refractivity contribution < 1.29 is 4.39 Å². The highest BCUT2D eigenvalue weighted by molar-refractivity contribution is 8.14. The molecule has 1 aliphatic heterocycles. The number of halogens is 1. The van der Waals surface area contributed by atoms with Gasteiger partial charge in [0.25, 0.3) is 5.56 Å². The molecule has 2 aromatic heterocycles. The van der Waals surface area contributed by atoms with Crippen LogP contribution in [-0.4, -0.2) is 64.8 Å². The lowest BCUT2D eigenvalue weighted by atomic mass is 9.92. The first-order valence-electron chi connectivity index (χ1n) is 14.2. The largest absolute Gasteiger partial charge is 0.324 e. The first kappa shape index (κ1) is 29.1. The van der Waals surface area contributed by atoms with E-state index in [0.717, 1.165) is 35.8 Å². The van der Waals surface area contributed by atoms with E-state index in [1.54, 1.807) is 22.9 Å². The van der Waals surface area contributed by atoms with Gasteiger partial charge in [-0.2, -0.15) is 15.5 Å². The van der Waals surface area contributed by atoms with E-state index in [2.05, 4.69) is 33.6 Å². The molecule has 0 spiro atoms. The van der Waals surface area contributed by atoms with Crippen LogP contribution in [-0.2, 0) is 13.0 Å². The normalized spacial score (nSPS) is 16.3. The van der Waals surface area contributed by atoms with E-state index in [4.69, 9.17) is 4.98 Å². The Morgan fingerprint density at radius 2 is 1.98 bits per heavy atom. The summed E-state index contributed by atoms with van der Waals surface area (Å²) < 4.78 is 16.9. The summed E-state index contributed by atoms with van der Waals surface area (Å²) in [5.74, 6) is 5.62. The lowest BCUT2D eigenvalue weighted by molar-refractivity contribution is 0.376. The Balaban J connectivity index is 1.46. The van der Waals surface area contributed by atoms with Gasteiger partial charge in [-0.15, -0.1) is 0 Å². The molecule has 4 aromatic rings. The van der Waals surface area contributed by atoms with Gasteiger partial charge in [0.1, 0.15) is 11.5 Å². The molecule has 2 atom stereocenters. The minimum absolute atomic E-state index is 0.277. The number of nitrogens with zero attached hydrogens (tertiary/aromatic N) is 4. The third kappa shape index (κ3) is 6.92. The first-order chi connectivity index (χ1) is 19.8. The van der Waals surface area contributed by atoms with E-state index in [1.165, 1.54) is 24.5 Å². The second kappa shape index (κ2) is 13.1. The number of benzene rings is 2. The van der Waals surface area contributed by atoms with Gasteiger partial charge in [-0.05, 0) is 94.0 Å². The molecule has 216 valence electrons. The molecule has 5 rings (SSSR count). The highest BCUT2D eigenvalue weighted by Gasteiger charge is 2.17. The maximum Gasteiger partial charge on any atom is 0.260 e. The van der Waals surface area contributed by atoms with Gasteiger partial charge in [-0.3, -0.25) is 9.36 Å². The maximum atomic E-state index is 15.3. The molecule has 2 N–H and O–H groups in total. The SMILES string of the molecule is C=S(CC)c1ccc(-c2cc3cnc(Nc4ccc(CC5CCCNC5)cc4)nc3n(CCN(C)C)c2=O)c(F)c1. The van der Waals surface area contributed by atoms with Crippen LogP contribution >= 0.6 is 10.5 Å². The number of pyridine rings is 1. The van der Waals surface area contributed by atoms with E-state index in [1.807, 2.05) is 44.1 Å². The van der Waals surface area contributed by atoms with Gasteiger partial charge in [0.15, 0.2) is 0 Å². The van der Waals surface area contributed by atoms with Gasteiger partial charge >= 0.3 is 0 Å². The summed E-state index contributed by atoms with van der Waals surface area (Å²) in [6.07, 6.45) is 5.27. The highest BCUT2D eigenvalue weighted by Crippen LogP contribution is 2.30. The van der Waals surface area contributed by atoms with Crippen molar-refractivity contribution in [3.05, 3.63) is 76.5 Å². The topological polar surface area (TPSA) is 75.1 Å². The van der Waals surface area contributed by atoms with Crippen LogP contribution < -0.4 is 16.2 Å². The zero-order valence-electron chi connectivity index (χ0n) is 24.1. The van der Waals surface area contributed by atoms with Crippen molar-refractivity contribution in [2.24, 2.45) is 5.92 Å².